The number of nitrogens with two attached hydrogens (primary N) is 1. The zero-order chi connectivity index (χ0) is 11.4. The molecular formula is C11H17Cl2NO2. The molecule has 3 N–H and O–H groups in total. The van der Waals surface area contributed by atoms with Crippen molar-refractivity contribution in [3.63, 3.8) is 0 Å². The molecule has 5 heteroatoms. The van der Waals surface area contributed by atoms with Gasteiger partial charge in [0.05, 0.1) is 19.3 Å². The van der Waals surface area contributed by atoms with Gasteiger partial charge in [0.1, 0.15) is 5.75 Å². The number of rotatable bonds is 4. The lowest BCUT2D eigenvalue weighted by Gasteiger charge is -2.20. The van der Waals surface area contributed by atoms with Gasteiger partial charge in [0.25, 0.3) is 0 Å². The highest BCUT2D eigenvalue weighted by Crippen LogP contribution is 2.29. The van der Waals surface area contributed by atoms with E-state index in [9.17, 15) is 5.11 Å². The van der Waals surface area contributed by atoms with Crippen molar-refractivity contribution in [3.8, 4) is 5.75 Å². The van der Waals surface area contributed by atoms with Crippen LogP contribution in [-0.2, 0) is 0 Å². The summed E-state index contributed by atoms with van der Waals surface area (Å²) in [6.45, 7) is 1.88. The highest BCUT2D eigenvalue weighted by atomic mass is 35.5. The maximum absolute atomic E-state index is 9.67. The molecule has 0 saturated heterocycles. The van der Waals surface area contributed by atoms with E-state index in [2.05, 4.69) is 0 Å². The van der Waals surface area contributed by atoms with E-state index in [0.29, 0.717) is 17.2 Å². The Morgan fingerprint density at radius 2 is 2.12 bits per heavy atom. The summed E-state index contributed by atoms with van der Waals surface area (Å²) in [6, 6.07) is 4.74. The summed E-state index contributed by atoms with van der Waals surface area (Å²) >= 11 is 5.87. The third-order valence-electron chi connectivity index (χ3n) is 2.38. The summed E-state index contributed by atoms with van der Waals surface area (Å²) in [6.07, 6.45) is 0.00831. The van der Waals surface area contributed by atoms with E-state index in [1.807, 2.05) is 6.92 Å². The van der Waals surface area contributed by atoms with Crippen LogP contribution in [0, 0.1) is 0 Å². The summed E-state index contributed by atoms with van der Waals surface area (Å²) in [4.78, 5) is 0. The lowest BCUT2D eigenvalue weighted by atomic mass is 10.00. The molecule has 0 bridgehead atoms. The molecule has 0 heterocycles. The van der Waals surface area contributed by atoms with Gasteiger partial charge in [-0.3, -0.25) is 0 Å². The van der Waals surface area contributed by atoms with Crippen LogP contribution in [0.15, 0.2) is 18.2 Å². The number of aliphatic hydroxyl groups excluding tert-OH is 1. The van der Waals surface area contributed by atoms with Crippen molar-refractivity contribution < 1.29 is 9.84 Å². The Balaban J connectivity index is 0.00000225. The molecule has 3 nitrogen and oxygen atoms in total. The van der Waals surface area contributed by atoms with Crippen LogP contribution >= 0.6 is 24.0 Å². The fourth-order valence-electron chi connectivity index (χ4n) is 1.43. The zero-order valence-electron chi connectivity index (χ0n) is 9.31. The first-order valence-corrected chi connectivity index (χ1v) is 5.25. The third kappa shape index (κ3) is 3.52. The van der Waals surface area contributed by atoms with Crippen molar-refractivity contribution in [2.75, 3.05) is 7.11 Å². The first kappa shape index (κ1) is 15.5. The second-order valence-electron chi connectivity index (χ2n) is 3.39. The second kappa shape index (κ2) is 6.97. The molecule has 0 aliphatic carbocycles. The van der Waals surface area contributed by atoms with Gasteiger partial charge >= 0.3 is 0 Å². The number of hydrogen-bond acceptors (Lipinski definition) is 3. The van der Waals surface area contributed by atoms with Crippen LogP contribution in [0.2, 0.25) is 5.02 Å². The highest BCUT2D eigenvalue weighted by molar-refractivity contribution is 6.30. The van der Waals surface area contributed by atoms with Crippen LogP contribution < -0.4 is 10.5 Å². The Morgan fingerprint density at radius 1 is 1.50 bits per heavy atom. The van der Waals surface area contributed by atoms with Crippen LogP contribution in [-0.4, -0.2) is 18.3 Å². The second-order valence-corrected chi connectivity index (χ2v) is 3.82. The van der Waals surface area contributed by atoms with E-state index in [0.717, 1.165) is 5.56 Å². The van der Waals surface area contributed by atoms with Crippen molar-refractivity contribution in [3.05, 3.63) is 28.8 Å². The fourth-order valence-corrected chi connectivity index (χ4v) is 1.61. The standard InChI is InChI=1S/C11H16ClNO2.ClH/c1-3-9(14)11(13)8-6-7(12)4-5-10(8)15-2;/h4-6,9,11,14H,3,13H2,1-2H3;1H/t9-,11+;/m1./s1. The van der Waals surface area contributed by atoms with Crippen LogP contribution in [0.5, 0.6) is 5.75 Å². The van der Waals surface area contributed by atoms with E-state index < -0.39 is 12.1 Å². The molecule has 0 amide bonds. The van der Waals surface area contributed by atoms with Crippen LogP contribution in [0.25, 0.3) is 0 Å². The first-order chi connectivity index (χ1) is 7.10. The molecule has 0 aliphatic rings. The molecule has 1 aromatic carbocycles. The van der Waals surface area contributed by atoms with Crippen LogP contribution in [0.1, 0.15) is 24.9 Å². The van der Waals surface area contributed by atoms with Gasteiger partial charge in [-0.15, -0.1) is 12.4 Å². The topological polar surface area (TPSA) is 55.5 Å². The summed E-state index contributed by atoms with van der Waals surface area (Å²) in [5.41, 5.74) is 6.64. The predicted octanol–water partition coefficient (Wildman–Crippen LogP) is 2.54. The lowest BCUT2D eigenvalue weighted by molar-refractivity contribution is 0.139. The summed E-state index contributed by atoms with van der Waals surface area (Å²) < 4.78 is 5.17. The minimum absolute atomic E-state index is 0. The van der Waals surface area contributed by atoms with Crippen LogP contribution in [0.4, 0.5) is 0 Å². The maximum atomic E-state index is 9.67. The van der Waals surface area contributed by atoms with Crippen molar-refractivity contribution >= 4 is 24.0 Å². The number of halogens is 2. The van der Waals surface area contributed by atoms with E-state index in [1.54, 1.807) is 25.3 Å². The number of aliphatic hydroxyl groups is 1. The van der Waals surface area contributed by atoms with Gasteiger partial charge in [0, 0.05) is 10.6 Å². The molecule has 0 radical (unpaired) electrons. The van der Waals surface area contributed by atoms with Gasteiger partial charge in [-0.2, -0.15) is 0 Å². The molecule has 16 heavy (non-hydrogen) atoms. The smallest absolute Gasteiger partial charge is 0.123 e. The maximum Gasteiger partial charge on any atom is 0.123 e. The molecule has 0 aromatic heterocycles. The minimum atomic E-state index is -0.586. The Labute approximate surface area is 107 Å². The first-order valence-electron chi connectivity index (χ1n) is 4.87. The molecular weight excluding hydrogens is 249 g/mol. The SMILES string of the molecule is CC[C@@H](O)[C@@H](N)c1cc(Cl)ccc1OC.Cl. The molecule has 0 fully saturated rings. The predicted molar refractivity (Wildman–Crippen MR) is 68.5 cm³/mol. The van der Waals surface area contributed by atoms with Gasteiger partial charge in [-0.25, -0.2) is 0 Å². The van der Waals surface area contributed by atoms with Gasteiger partial charge < -0.3 is 15.6 Å². The van der Waals surface area contributed by atoms with E-state index in [4.69, 9.17) is 22.1 Å². The number of hydrogen-bond donors (Lipinski definition) is 2. The van der Waals surface area contributed by atoms with Crippen molar-refractivity contribution in [2.24, 2.45) is 5.73 Å². The number of methoxy groups -OCH3 is 1. The molecule has 1 aromatic rings. The van der Waals surface area contributed by atoms with E-state index >= 15 is 0 Å². The normalized spacial score (nSPS) is 13.8. The van der Waals surface area contributed by atoms with Crippen molar-refractivity contribution in [1.29, 1.82) is 0 Å². The summed E-state index contributed by atoms with van der Waals surface area (Å²) in [7, 11) is 1.57. The summed E-state index contributed by atoms with van der Waals surface area (Å²) in [5, 5.41) is 10.3. The largest absolute Gasteiger partial charge is 0.496 e. The molecule has 0 aliphatic heterocycles. The van der Waals surface area contributed by atoms with Crippen molar-refractivity contribution in [1.82, 2.24) is 0 Å². The third-order valence-corrected chi connectivity index (χ3v) is 2.62. The fraction of sp³-hybridized carbons (Fsp3) is 0.455. The van der Waals surface area contributed by atoms with Crippen molar-refractivity contribution in [2.45, 2.75) is 25.5 Å². The average molecular weight is 266 g/mol. The Morgan fingerprint density at radius 3 is 2.62 bits per heavy atom. The van der Waals surface area contributed by atoms with Gasteiger partial charge in [0.15, 0.2) is 0 Å². The molecule has 92 valence electrons. The quantitative estimate of drug-likeness (QED) is 0.880. The zero-order valence-corrected chi connectivity index (χ0v) is 10.9. The number of benzene rings is 1. The van der Waals surface area contributed by atoms with Gasteiger partial charge in [-0.05, 0) is 24.6 Å². The lowest BCUT2D eigenvalue weighted by Crippen LogP contribution is -2.25. The molecule has 0 unspecified atom stereocenters. The molecule has 2 atom stereocenters. The summed E-state index contributed by atoms with van der Waals surface area (Å²) in [5.74, 6) is 0.652. The molecule has 0 spiro atoms. The van der Waals surface area contributed by atoms with E-state index in [1.165, 1.54) is 0 Å². The van der Waals surface area contributed by atoms with Gasteiger partial charge in [0.2, 0.25) is 0 Å². The highest BCUT2D eigenvalue weighted by Gasteiger charge is 2.19. The number of ether oxygens (including phenoxy) is 1. The Hall–Kier alpha value is -0.480. The molecule has 0 saturated carbocycles. The Kier molecular flexibility index (Phi) is 6.76. The van der Waals surface area contributed by atoms with Gasteiger partial charge in [-0.1, -0.05) is 18.5 Å². The minimum Gasteiger partial charge on any atom is -0.496 e. The van der Waals surface area contributed by atoms with E-state index in [-0.39, 0.29) is 12.4 Å². The monoisotopic (exact) mass is 265 g/mol. The Bertz CT molecular complexity index is 334. The van der Waals surface area contributed by atoms with Crippen LogP contribution in [0.3, 0.4) is 0 Å². The average Bonchev–Trinajstić information content (AvgIpc) is 2.27. The molecule has 1 rings (SSSR count).